The Balaban J connectivity index is 2.09. The smallest absolute Gasteiger partial charge is 0.422 e. The minimum absolute atomic E-state index is 0.289. The molecule has 1 nitrogen and oxygen atoms in total. The molecule has 116 valence electrons. The van der Waals surface area contributed by atoms with Gasteiger partial charge < -0.3 is 4.74 Å². The van der Waals surface area contributed by atoms with Gasteiger partial charge >= 0.3 is 6.18 Å². The van der Waals surface area contributed by atoms with Gasteiger partial charge in [0.15, 0.2) is 6.61 Å². The highest BCUT2D eigenvalue weighted by atomic mass is 19.4. The number of aryl methyl sites for hydroxylation is 1. The van der Waals surface area contributed by atoms with Crippen LogP contribution in [-0.4, -0.2) is 12.8 Å². The van der Waals surface area contributed by atoms with Crippen LogP contribution in [0.5, 0.6) is 5.75 Å². The molecule has 4 aromatic rings. The van der Waals surface area contributed by atoms with Crippen LogP contribution in [0.3, 0.4) is 0 Å². The van der Waals surface area contributed by atoms with Crippen molar-refractivity contribution in [2.75, 3.05) is 6.61 Å². The Morgan fingerprint density at radius 2 is 1.48 bits per heavy atom. The maximum absolute atomic E-state index is 12.6. The molecule has 0 aliphatic heterocycles. The van der Waals surface area contributed by atoms with Crippen molar-refractivity contribution in [3.8, 4) is 5.75 Å². The zero-order valence-electron chi connectivity index (χ0n) is 12.4. The molecule has 0 N–H and O–H groups in total. The molecule has 0 radical (unpaired) electrons. The molecular formula is C19H13F3O. The number of rotatable bonds is 2. The van der Waals surface area contributed by atoms with Gasteiger partial charge in [0, 0.05) is 10.8 Å². The third-order valence-electron chi connectivity index (χ3n) is 4.19. The van der Waals surface area contributed by atoms with Crippen molar-refractivity contribution in [3.05, 3.63) is 54.1 Å². The average Bonchev–Trinajstić information content (AvgIpc) is 2.51. The minimum Gasteiger partial charge on any atom is -0.483 e. The van der Waals surface area contributed by atoms with Crippen LogP contribution in [0.4, 0.5) is 13.2 Å². The molecule has 0 fully saturated rings. The fourth-order valence-corrected chi connectivity index (χ4v) is 3.25. The summed E-state index contributed by atoms with van der Waals surface area (Å²) in [6, 6.07) is 15.5. The topological polar surface area (TPSA) is 9.23 Å². The number of halogens is 3. The third kappa shape index (κ3) is 2.25. The molecule has 0 atom stereocenters. The molecule has 0 bridgehead atoms. The van der Waals surface area contributed by atoms with Gasteiger partial charge in [-0.15, -0.1) is 0 Å². The predicted octanol–water partition coefficient (Wildman–Crippen LogP) is 5.83. The molecule has 0 unspecified atom stereocenters. The lowest BCUT2D eigenvalue weighted by Gasteiger charge is -2.17. The standard InChI is InChI=1S/C19H13F3O/c1-11-5-6-13-8-7-12-3-2-4-14-9-15(23-10-19(20,21)22)16(11)18(13)17(12)14/h2-9H,10H2,1H3. The van der Waals surface area contributed by atoms with E-state index in [0.29, 0.717) is 0 Å². The Bertz CT molecular complexity index is 1020. The van der Waals surface area contributed by atoms with Crippen LogP contribution in [0.2, 0.25) is 0 Å². The van der Waals surface area contributed by atoms with E-state index in [4.69, 9.17) is 4.74 Å². The molecule has 0 saturated carbocycles. The first-order valence-corrected chi connectivity index (χ1v) is 7.31. The quantitative estimate of drug-likeness (QED) is 0.423. The Hall–Kier alpha value is -2.49. The number of ether oxygens (including phenoxy) is 1. The van der Waals surface area contributed by atoms with Crippen molar-refractivity contribution in [2.45, 2.75) is 13.1 Å². The van der Waals surface area contributed by atoms with Crippen molar-refractivity contribution in [1.82, 2.24) is 0 Å². The Morgan fingerprint density at radius 1 is 0.826 bits per heavy atom. The normalized spacial score (nSPS) is 12.5. The van der Waals surface area contributed by atoms with Crippen LogP contribution >= 0.6 is 0 Å². The summed E-state index contributed by atoms with van der Waals surface area (Å²) < 4.78 is 42.9. The van der Waals surface area contributed by atoms with Gasteiger partial charge in [0.1, 0.15) is 5.75 Å². The number of benzene rings is 4. The maximum atomic E-state index is 12.6. The van der Waals surface area contributed by atoms with Gasteiger partial charge in [-0.2, -0.15) is 13.2 Å². The lowest BCUT2D eigenvalue weighted by atomic mass is 9.91. The molecule has 0 aliphatic carbocycles. The van der Waals surface area contributed by atoms with Gasteiger partial charge in [0.2, 0.25) is 0 Å². The SMILES string of the molecule is Cc1ccc2ccc3cccc4cc(OCC(F)(F)F)c1c2c34. The average molecular weight is 314 g/mol. The monoisotopic (exact) mass is 314 g/mol. The molecule has 23 heavy (non-hydrogen) atoms. The highest BCUT2D eigenvalue weighted by Gasteiger charge is 2.29. The first-order chi connectivity index (χ1) is 10.9. The summed E-state index contributed by atoms with van der Waals surface area (Å²) in [4.78, 5) is 0. The fourth-order valence-electron chi connectivity index (χ4n) is 3.25. The Labute approximate surface area is 130 Å². The highest BCUT2D eigenvalue weighted by Crippen LogP contribution is 2.41. The highest BCUT2D eigenvalue weighted by molar-refractivity contribution is 6.25. The van der Waals surface area contributed by atoms with E-state index < -0.39 is 12.8 Å². The van der Waals surface area contributed by atoms with Crippen LogP contribution in [0.25, 0.3) is 32.3 Å². The first kappa shape index (κ1) is 14.1. The van der Waals surface area contributed by atoms with Gasteiger partial charge in [0.05, 0.1) is 0 Å². The summed E-state index contributed by atoms with van der Waals surface area (Å²) in [5.74, 6) is 0.289. The lowest BCUT2D eigenvalue weighted by Crippen LogP contribution is -2.19. The summed E-state index contributed by atoms with van der Waals surface area (Å²) in [6.07, 6.45) is -4.36. The molecule has 0 spiro atoms. The van der Waals surface area contributed by atoms with E-state index in [1.807, 2.05) is 49.4 Å². The summed E-state index contributed by atoms with van der Waals surface area (Å²) in [5.41, 5.74) is 0.910. The van der Waals surface area contributed by atoms with Gasteiger partial charge in [0.25, 0.3) is 0 Å². The molecule has 4 aromatic carbocycles. The van der Waals surface area contributed by atoms with E-state index >= 15 is 0 Å². The summed E-state index contributed by atoms with van der Waals surface area (Å²) in [7, 11) is 0. The van der Waals surface area contributed by atoms with E-state index in [9.17, 15) is 13.2 Å². The first-order valence-electron chi connectivity index (χ1n) is 7.31. The maximum Gasteiger partial charge on any atom is 0.422 e. The van der Waals surface area contributed by atoms with Crippen LogP contribution in [0, 0.1) is 6.92 Å². The molecule has 0 aromatic heterocycles. The van der Waals surface area contributed by atoms with Crippen molar-refractivity contribution in [3.63, 3.8) is 0 Å². The van der Waals surface area contributed by atoms with Crippen LogP contribution in [0.15, 0.2) is 48.5 Å². The zero-order valence-corrected chi connectivity index (χ0v) is 12.4. The number of hydrogen-bond acceptors (Lipinski definition) is 1. The second-order valence-electron chi connectivity index (χ2n) is 5.78. The van der Waals surface area contributed by atoms with E-state index in [1.54, 1.807) is 6.07 Å². The van der Waals surface area contributed by atoms with Crippen molar-refractivity contribution in [2.24, 2.45) is 0 Å². The second kappa shape index (κ2) is 4.75. The minimum atomic E-state index is -4.36. The van der Waals surface area contributed by atoms with Crippen LogP contribution < -0.4 is 4.74 Å². The number of alkyl halides is 3. The van der Waals surface area contributed by atoms with Gasteiger partial charge in [-0.25, -0.2) is 0 Å². The van der Waals surface area contributed by atoms with Crippen LogP contribution in [0.1, 0.15) is 5.56 Å². The third-order valence-corrected chi connectivity index (χ3v) is 4.19. The molecule has 4 rings (SSSR count). The zero-order chi connectivity index (χ0) is 16.2. The molecule has 0 saturated heterocycles. The molecule has 0 amide bonds. The number of hydrogen-bond donors (Lipinski definition) is 0. The van der Waals surface area contributed by atoms with Gasteiger partial charge in [-0.05, 0) is 40.1 Å². The summed E-state index contributed by atoms with van der Waals surface area (Å²) in [6.45, 7) is 0.610. The predicted molar refractivity (Wildman–Crippen MR) is 86.4 cm³/mol. The summed E-state index contributed by atoms with van der Waals surface area (Å²) >= 11 is 0. The van der Waals surface area contributed by atoms with E-state index in [0.717, 1.165) is 37.9 Å². The fraction of sp³-hybridized carbons (Fsp3) is 0.158. The molecule has 0 heterocycles. The summed E-state index contributed by atoms with van der Waals surface area (Å²) in [5, 5.41) is 5.78. The molecule has 4 heteroatoms. The van der Waals surface area contributed by atoms with Gasteiger partial charge in [-0.1, -0.05) is 42.5 Å². The molecular weight excluding hydrogens is 301 g/mol. The molecule has 0 aliphatic rings. The lowest BCUT2D eigenvalue weighted by molar-refractivity contribution is -0.153. The Kier molecular flexibility index (Phi) is 2.92. The van der Waals surface area contributed by atoms with E-state index in [-0.39, 0.29) is 5.75 Å². The second-order valence-corrected chi connectivity index (χ2v) is 5.78. The van der Waals surface area contributed by atoms with Crippen molar-refractivity contribution < 1.29 is 17.9 Å². The Morgan fingerprint density at radius 3 is 2.22 bits per heavy atom. The van der Waals surface area contributed by atoms with Crippen molar-refractivity contribution >= 4 is 32.3 Å². The largest absolute Gasteiger partial charge is 0.483 e. The van der Waals surface area contributed by atoms with Crippen LogP contribution in [-0.2, 0) is 0 Å². The van der Waals surface area contributed by atoms with Gasteiger partial charge in [-0.3, -0.25) is 0 Å². The van der Waals surface area contributed by atoms with E-state index in [2.05, 4.69) is 0 Å². The van der Waals surface area contributed by atoms with E-state index in [1.165, 1.54) is 0 Å². The van der Waals surface area contributed by atoms with Crippen molar-refractivity contribution in [1.29, 1.82) is 0 Å².